The zero-order valence-corrected chi connectivity index (χ0v) is 31.7. The van der Waals surface area contributed by atoms with Gasteiger partial charge in [0.1, 0.15) is 11.2 Å². The Labute approximate surface area is 340 Å². The Balaban J connectivity index is 0.895. The molecule has 0 unspecified atom stereocenters. The molecule has 0 bridgehead atoms. The Morgan fingerprint density at radius 1 is 0.322 bits per heavy atom. The smallest absolute Gasteiger partial charge is 0.172 e. The lowest BCUT2D eigenvalue weighted by Gasteiger charge is -2.31. The summed E-state index contributed by atoms with van der Waals surface area (Å²) in [7, 11) is 0. The van der Waals surface area contributed by atoms with Gasteiger partial charge in [0.15, 0.2) is 23.0 Å². The van der Waals surface area contributed by atoms with Gasteiger partial charge in [-0.1, -0.05) is 127 Å². The van der Waals surface area contributed by atoms with E-state index in [4.69, 9.17) is 13.9 Å². The molecule has 1 aliphatic heterocycles. The molecule has 9 aromatic carbocycles. The van der Waals surface area contributed by atoms with Crippen molar-refractivity contribution < 1.29 is 13.9 Å². The molecule has 0 radical (unpaired) electrons. The highest BCUT2D eigenvalue weighted by Crippen LogP contribution is 2.64. The third-order valence-corrected chi connectivity index (χ3v) is 12.5. The summed E-state index contributed by atoms with van der Waals surface area (Å²) in [5.74, 6) is 2.78. The van der Waals surface area contributed by atoms with E-state index in [2.05, 4.69) is 181 Å². The van der Waals surface area contributed by atoms with Gasteiger partial charge in [-0.15, -0.1) is 0 Å². The fourth-order valence-electron chi connectivity index (χ4n) is 10.0. The van der Waals surface area contributed by atoms with E-state index in [9.17, 15) is 0 Å². The molecule has 1 aromatic heterocycles. The fourth-order valence-corrected chi connectivity index (χ4v) is 10.0. The summed E-state index contributed by atoms with van der Waals surface area (Å²) in [6, 6.07) is 71.0. The molecule has 3 aliphatic rings. The monoisotopic (exact) mass is 755 g/mol. The minimum absolute atomic E-state index is 0.465. The molecular formula is C55H33NO3. The van der Waals surface area contributed by atoms with Crippen LogP contribution in [0.1, 0.15) is 22.3 Å². The first-order valence-electron chi connectivity index (χ1n) is 20.1. The average molecular weight is 756 g/mol. The molecule has 0 N–H and O–H groups in total. The van der Waals surface area contributed by atoms with Crippen molar-refractivity contribution in [2.75, 3.05) is 4.90 Å². The van der Waals surface area contributed by atoms with E-state index in [1.165, 1.54) is 44.5 Å². The van der Waals surface area contributed by atoms with Crippen molar-refractivity contribution in [3.63, 3.8) is 0 Å². The molecule has 0 saturated carbocycles. The Kier molecular flexibility index (Phi) is 6.62. The molecule has 4 nitrogen and oxygen atoms in total. The number of ether oxygens (including phenoxy) is 2. The Morgan fingerprint density at radius 2 is 0.864 bits per heavy atom. The van der Waals surface area contributed by atoms with Gasteiger partial charge in [0, 0.05) is 28.2 Å². The number of furan rings is 1. The van der Waals surface area contributed by atoms with Crippen LogP contribution in [0.15, 0.2) is 205 Å². The van der Waals surface area contributed by atoms with Crippen LogP contribution < -0.4 is 14.4 Å². The van der Waals surface area contributed by atoms with Crippen molar-refractivity contribution in [2.45, 2.75) is 5.41 Å². The highest BCUT2D eigenvalue weighted by atomic mass is 16.6. The minimum atomic E-state index is -0.465. The number of fused-ring (bicyclic) bond motifs is 15. The maximum Gasteiger partial charge on any atom is 0.172 e. The molecule has 59 heavy (non-hydrogen) atoms. The fraction of sp³-hybridized carbons (Fsp3) is 0.0182. The van der Waals surface area contributed by atoms with Crippen LogP contribution in [-0.4, -0.2) is 0 Å². The van der Waals surface area contributed by atoms with Crippen LogP contribution in [0, 0.1) is 0 Å². The van der Waals surface area contributed by atoms with Crippen LogP contribution in [-0.2, 0) is 5.41 Å². The van der Waals surface area contributed by atoms with Gasteiger partial charge in [-0.2, -0.15) is 0 Å². The van der Waals surface area contributed by atoms with E-state index >= 15 is 0 Å². The maximum atomic E-state index is 6.92. The first-order valence-corrected chi connectivity index (χ1v) is 20.1. The van der Waals surface area contributed by atoms with Crippen LogP contribution in [0.3, 0.4) is 0 Å². The van der Waals surface area contributed by atoms with Crippen molar-refractivity contribution in [3.8, 4) is 56.4 Å². The van der Waals surface area contributed by atoms with Crippen molar-refractivity contribution in [1.82, 2.24) is 0 Å². The molecule has 2 heterocycles. The van der Waals surface area contributed by atoms with E-state index in [1.807, 2.05) is 24.3 Å². The van der Waals surface area contributed by atoms with Gasteiger partial charge < -0.3 is 18.8 Å². The lowest BCUT2D eigenvalue weighted by atomic mass is 9.70. The van der Waals surface area contributed by atoms with Crippen molar-refractivity contribution in [1.29, 1.82) is 0 Å². The van der Waals surface area contributed by atoms with E-state index in [0.29, 0.717) is 23.0 Å². The first-order chi connectivity index (χ1) is 29.2. The standard InChI is InChI=1S/C55H33NO3/c1-2-12-36(13-3-1)56(37-25-22-34(23-26-37)35-24-28-43-42-17-7-11-21-49(42)57-51(43)30-35)38-27-29-50-52(31-38)59-54-33-48-44(32-53(54)58-50)41-16-6-10-20-47(41)55(48)45-18-8-4-14-39(45)40-15-5-9-19-46(40)55/h1-33H. The molecule has 13 rings (SSSR count). The summed E-state index contributed by atoms with van der Waals surface area (Å²) < 4.78 is 19.9. The van der Waals surface area contributed by atoms with E-state index in [1.54, 1.807) is 0 Å². The van der Waals surface area contributed by atoms with Gasteiger partial charge in [-0.05, 0) is 122 Å². The second kappa shape index (κ2) is 12.1. The summed E-state index contributed by atoms with van der Waals surface area (Å²) in [6.45, 7) is 0. The van der Waals surface area contributed by atoms with Gasteiger partial charge in [-0.3, -0.25) is 0 Å². The predicted molar refractivity (Wildman–Crippen MR) is 237 cm³/mol. The highest BCUT2D eigenvalue weighted by molar-refractivity contribution is 6.06. The van der Waals surface area contributed by atoms with Crippen molar-refractivity contribution >= 4 is 39.0 Å². The quantitative estimate of drug-likeness (QED) is 0.179. The largest absolute Gasteiger partial charge is 0.456 e. The molecule has 0 fully saturated rings. The number of benzene rings is 9. The Hall–Kier alpha value is -7.82. The summed E-state index contributed by atoms with van der Waals surface area (Å²) >= 11 is 0. The first kappa shape index (κ1) is 32.3. The zero-order chi connectivity index (χ0) is 38.7. The van der Waals surface area contributed by atoms with Crippen LogP contribution in [0.25, 0.3) is 55.3 Å². The molecule has 10 aromatic rings. The van der Waals surface area contributed by atoms with Crippen LogP contribution in [0.4, 0.5) is 17.1 Å². The zero-order valence-electron chi connectivity index (χ0n) is 31.7. The van der Waals surface area contributed by atoms with Gasteiger partial charge in [0.25, 0.3) is 0 Å². The van der Waals surface area contributed by atoms with Crippen molar-refractivity contribution in [2.24, 2.45) is 0 Å². The second-order valence-corrected chi connectivity index (χ2v) is 15.6. The summed E-state index contributed by atoms with van der Waals surface area (Å²) in [5, 5.41) is 2.26. The summed E-state index contributed by atoms with van der Waals surface area (Å²) in [5.41, 5.74) is 16.6. The minimum Gasteiger partial charge on any atom is -0.456 e. The van der Waals surface area contributed by atoms with E-state index in [0.717, 1.165) is 50.1 Å². The van der Waals surface area contributed by atoms with Crippen LogP contribution in [0.5, 0.6) is 23.0 Å². The third-order valence-electron chi connectivity index (χ3n) is 12.5. The molecular weight excluding hydrogens is 723 g/mol. The van der Waals surface area contributed by atoms with Gasteiger partial charge in [-0.25, -0.2) is 0 Å². The SMILES string of the molecule is c1ccc(N(c2ccc(-c3ccc4c(c3)oc3ccccc34)cc2)c2ccc3c(c2)Oc2cc4c(cc2O3)-c2ccccc2C42c3ccccc3-c3ccccc32)cc1. The molecule has 0 saturated heterocycles. The number of anilines is 3. The van der Waals surface area contributed by atoms with Gasteiger partial charge >= 0.3 is 0 Å². The van der Waals surface area contributed by atoms with E-state index < -0.39 is 5.41 Å². The number of hydrogen-bond donors (Lipinski definition) is 0. The average Bonchev–Trinajstić information content (AvgIpc) is 3.92. The number of nitrogens with zero attached hydrogens (tertiary/aromatic N) is 1. The molecule has 0 amide bonds. The number of rotatable bonds is 4. The topological polar surface area (TPSA) is 34.8 Å². The molecule has 276 valence electrons. The molecule has 1 spiro atoms. The lowest BCUT2D eigenvalue weighted by molar-refractivity contribution is 0.359. The lowest BCUT2D eigenvalue weighted by Crippen LogP contribution is -2.25. The second-order valence-electron chi connectivity index (χ2n) is 15.6. The van der Waals surface area contributed by atoms with Crippen LogP contribution >= 0.6 is 0 Å². The summed E-state index contributed by atoms with van der Waals surface area (Å²) in [6.07, 6.45) is 0. The molecule has 0 atom stereocenters. The Morgan fingerprint density at radius 3 is 1.61 bits per heavy atom. The number of para-hydroxylation sites is 2. The third kappa shape index (κ3) is 4.54. The van der Waals surface area contributed by atoms with E-state index in [-0.39, 0.29) is 0 Å². The highest BCUT2D eigenvalue weighted by Gasteiger charge is 2.52. The summed E-state index contributed by atoms with van der Waals surface area (Å²) in [4.78, 5) is 2.26. The normalized spacial score (nSPS) is 13.5. The van der Waals surface area contributed by atoms with Crippen molar-refractivity contribution in [3.05, 3.63) is 222 Å². The Bertz CT molecular complexity index is 3300. The molecule has 2 aliphatic carbocycles. The maximum absolute atomic E-state index is 6.92. The van der Waals surface area contributed by atoms with Crippen LogP contribution in [0.2, 0.25) is 0 Å². The molecule has 4 heteroatoms. The van der Waals surface area contributed by atoms with Gasteiger partial charge in [0.2, 0.25) is 0 Å². The number of hydrogen-bond acceptors (Lipinski definition) is 4. The predicted octanol–water partition coefficient (Wildman–Crippen LogP) is 15.0. The van der Waals surface area contributed by atoms with Gasteiger partial charge in [0.05, 0.1) is 11.1 Å².